The van der Waals surface area contributed by atoms with Crippen LogP contribution in [0.4, 0.5) is 0 Å². The molecule has 12 heavy (non-hydrogen) atoms. The lowest BCUT2D eigenvalue weighted by molar-refractivity contribution is 0.666. The Morgan fingerprint density at radius 3 is 2.83 bits per heavy atom. The van der Waals surface area contributed by atoms with Crippen molar-refractivity contribution in [2.45, 2.75) is 25.8 Å². The zero-order valence-electron chi connectivity index (χ0n) is 7.26. The first-order valence-corrected chi connectivity index (χ1v) is 4.98. The van der Waals surface area contributed by atoms with Crippen LogP contribution in [0.1, 0.15) is 18.9 Å². The fourth-order valence-corrected chi connectivity index (χ4v) is 1.53. The van der Waals surface area contributed by atoms with Gasteiger partial charge in [0, 0.05) is 10.5 Å². The normalized spacial score (nSPS) is 12.9. The van der Waals surface area contributed by atoms with Crippen molar-refractivity contribution in [3.63, 3.8) is 0 Å². The molecule has 0 aliphatic heterocycles. The Hall–Kier alpha value is -0.340. The number of hydrogen-bond donors (Lipinski definition) is 1. The molecule has 0 amide bonds. The highest BCUT2D eigenvalue weighted by Gasteiger charge is 1.96. The van der Waals surface area contributed by atoms with E-state index in [0.29, 0.717) is 6.04 Å². The number of aryl methyl sites for hydroxylation is 1. The predicted octanol–water partition coefficient (Wildman–Crippen LogP) is 2.73. The minimum Gasteiger partial charge on any atom is -0.328 e. The van der Waals surface area contributed by atoms with Crippen LogP contribution < -0.4 is 5.73 Å². The molecule has 1 nitrogen and oxygen atoms in total. The van der Waals surface area contributed by atoms with E-state index >= 15 is 0 Å². The molecule has 0 aliphatic carbocycles. The molecule has 1 rings (SSSR count). The van der Waals surface area contributed by atoms with Gasteiger partial charge in [-0.3, -0.25) is 0 Å². The van der Waals surface area contributed by atoms with Gasteiger partial charge in [-0.25, -0.2) is 0 Å². The van der Waals surface area contributed by atoms with E-state index in [1.54, 1.807) is 0 Å². The molecule has 1 atom stereocenters. The maximum atomic E-state index is 5.67. The first-order valence-electron chi connectivity index (χ1n) is 4.18. The van der Waals surface area contributed by atoms with E-state index < -0.39 is 0 Å². The molecular weight excluding hydrogens is 214 g/mol. The standard InChI is InChI=1S/C10H14BrN/c1-8(12)5-6-9-3-2-4-10(11)7-9/h2-4,7-8H,5-6,12H2,1H3. The lowest BCUT2D eigenvalue weighted by atomic mass is 10.1. The summed E-state index contributed by atoms with van der Waals surface area (Å²) in [4.78, 5) is 0. The van der Waals surface area contributed by atoms with Crippen molar-refractivity contribution in [3.8, 4) is 0 Å². The van der Waals surface area contributed by atoms with Crippen LogP contribution in [-0.4, -0.2) is 6.04 Å². The number of hydrogen-bond acceptors (Lipinski definition) is 1. The summed E-state index contributed by atoms with van der Waals surface area (Å²) in [6.45, 7) is 2.04. The minimum atomic E-state index is 0.295. The molecule has 0 spiro atoms. The van der Waals surface area contributed by atoms with Gasteiger partial charge < -0.3 is 5.73 Å². The third kappa shape index (κ3) is 3.37. The van der Waals surface area contributed by atoms with Crippen molar-refractivity contribution in [3.05, 3.63) is 34.3 Å². The molecule has 2 N–H and O–H groups in total. The third-order valence-electron chi connectivity index (χ3n) is 1.78. The molecule has 0 radical (unpaired) electrons. The molecule has 0 bridgehead atoms. The lowest BCUT2D eigenvalue weighted by Crippen LogP contribution is -2.15. The van der Waals surface area contributed by atoms with E-state index in [2.05, 4.69) is 34.1 Å². The van der Waals surface area contributed by atoms with Gasteiger partial charge in [-0.1, -0.05) is 28.1 Å². The van der Waals surface area contributed by atoms with Crippen LogP contribution in [0, 0.1) is 0 Å². The number of halogens is 1. The van der Waals surface area contributed by atoms with E-state index in [1.165, 1.54) is 5.56 Å². The van der Waals surface area contributed by atoms with Crippen molar-refractivity contribution in [1.29, 1.82) is 0 Å². The molecule has 2 heteroatoms. The summed E-state index contributed by atoms with van der Waals surface area (Å²) in [5, 5.41) is 0. The van der Waals surface area contributed by atoms with Gasteiger partial charge in [0.1, 0.15) is 0 Å². The summed E-state index contributed by atoms with van der Waals surface area (Å²) in [5.74, 6) is 0. The Morgan fingerprint density at radius 2 is 2.25 bits per heavy atom. The summed E-state index contributed by atoms with van der Waals surface area (Å²) in [6, 6.07) is 8.66. The Labute approximate surface area is 82.1 Å². The van der Waals surface area contributed by atoms with Gasteiger partial charge in [0.2, 0.25) is 0 Å². The molecular formula is C10H14BrN. The maximum absolute atomic E-state index is 5.67. The summed E-state index contributed by atoms with van der Waals surface area (Å²) in [6.07, 6.45) is 2.12. The molecule has 0 aromatic heterocycles. The van der Waals surface area contributed by atoms with E-state index in [1.807, 2.05) is 13.0 Å². The van der Waals surface area contributed by atoms with Crippen LogP contribution >= 0.6 is 15.9 Å². The van der Waals surface area contributed by atoms with Crippen molar-refractivity contribution < 1.29 is 0 Å². The highest BCUT2D eigenvalue weighted by atomic mass is 79.9. The van der Waals surface area contributed by atoms with Gasteiger partial charge in [0.25, 0.3) is 0 Å². The lowest BCUT2D eigenvalue weighted by Gasteiger charge is -2.04. The summed E-state index contributed by atoms with van der Waals surface area (Å²) in [5.41, 5.74) is 7.02. The van der Waals surface area contributed by atoms with Crippen molar-refractivity contribution >= 4 is 15.9 Å². The zero-order valence-corrected chi connectivity index (χ0v) is 8.84. The fraction of sp³-hybridized carbons (Fsp3) is 0.400. The quantitative estimate of drug-likeness (QED) is 0.845. The van der Waals surface area contributed by atoms with Crippen molar-refractivity contribution in [2.75, 3.05) is 0 Å². The minimum absolute atomic E-state index is 0.295. The van der Waals surface area contributed by atoms with Gasteiger partial charge in [-0.05, 0) is 37.5 Å². The monoisotopic (exact) mass is 227 g/mol. The van der Waals surface area contributed by atoms with Gasteiger partial charge in [-0.15, -0.1) is 0 Å². The second-order valence-corrected chi connectivity index (χ2v) is 4.06. The van der Waals surface area contributed by atoms with Crippen LogP contribution in [0.5, 0.6) is 0 Å². The first kappa shape index (κ1) is 9.75. The second kappa shape index (κ2) is 4.63. The van der Waals surface area contributed by atoms with Crippen LogP contribution in [0.15, 0.2) is 28.7 Å². The smallest absolute Gasteiger partial charge is 0.0177 e. The highest BCUT2D eigenvalue weighted by molar-refractivity contribution is 9.10. The molecule has 0 aliphatic rings. The second-order valence-electron chi connectivity index (χ2n) is 3.15. The van der Waals surface area contributed by atoms with Crippen LogP contribution in [0.3, 0.4) is 0 Å². The molecule has 0 heterocycles. The Bertz CT molecular complexity index is 245. The zero-order chi connectivity index (χ0) is 8.97. The van der Waals surface area contributed by atoms with Gasteiger partial charge in [0.05, 0.1) is 0 Å². The Kier molecular flexibility index (Phi) is 3.76. The van der Waals surface area contributed by atoms with Crippen molar-refractivity contribution in [1.82, 2.24) is 0 Å². The fourth-order valence-electron chi connectivity index (χ4n) is 1.09. The Balaban J connectivity index is 2.52. The number of rotatable bonds is 3. The Morgan fingerprint density at radius 1 is 1.50 bits per heavy atom. The van der Waals surface area contributed by atoms with Crippen LogP contribution in [0.25, 0.3) is 0 Å². The highest BCUT2D eigenvalue weighted by Crippen LogP contribution is 2.13. The SMILES string of the molecule is CC(N)CCc1cccc(Br)c1. The van der Waals surface area contributed by atoms with E-state index in [-0.39, 0.29) is 0 Å². The maximum Gasteiger partial charge on any atom is 0.0177 e. The molecule has 1 aromatic rings. The topological polar surface area (TPSA) is 26.0 Å². The molecule has 1 unspecified atom stereocenters. The third-order valence-corrected chi connectivity index (χ3v) is 2.27. The summed E-state index contributed by atoms with van der Waals surface area (Å²) < 4.78 is 1.14. The summed E-state index contributed by atoms with van der Waals surface area (Å²) >= 11 is 3.44. The average Bonchev–Trinajstić information content (AvgIpc) is 2.01. The van der Waals surface area contributed by atoms with E-state index in [9.17, 15) is 0 Å². The van der Waals surface area contributed by atoms with Crippen LogP contribution in [-0.2, 0) is 6.42 Å². The van der Waals surface area contributed by atoms with Gasteiger partial charge >= 0.3 is 0 Å². The van der Waals surface area contributed by atoms with Gasteiger partial charge in [0.15, 0.2) is 0 Å². The molecule has 0 fully saturated rings. The summed E-state index contributed by atoms with van der Waals surface area (Å²) in [7, 11) is 0. The molecule has 1 aromatic carbocycles. The van der Waals surface area contributed by atoms with E-state index in [4.69, 9.17) is 5.73 Å². The number of nitrogens with two attached hydrogens (primary N) is 1. The molecule has 0 saturated heterocycles. The number of benzene rings is 1. The van der Waals surface area contributed by atoms with Crippen molar-refractivity contribution in [2.24, 2.45) is 5.73 Å². The molecule has 0 saturated carbocycles. The predicted molar refractivity (Wildman–Crippen MR) is 56.1 cm³/mol. The van der Waals surface area contributed by atoms with E-state index in [0.717, 1.165) is 17.3 Å². The largest absolute Gasteiger partial charge is 0.328 e. The average molecular weight is 228 g/mol. The van der Waals surface area contributed by atoms with Gasteiger partial charge in [-0.2, -0.15) is 0 Å². The molecule has 66 valence electrons. The van der Waals surface area contributed by atoms with Crippen LogP contribution in [0.2, 0.25) is 0 Å². The first-order chi connectivity index (χ1) is 5.68.